The van der Waals surface area contributed by atoms with Crippen molar-refractivity contribution in [3.05, 3.63) is 53.7 Å². The standard InChI is InChI=1S/C20H20N2O3S/c23-19(12-15-13-26-20(22-15)18-6-3-11-24-18)21-14-7-9-17(10-8-14)25-16-4-1-2-5-16/h3,6-11,13,16H,1-2,4-5,12H2,(H,21,23). The number of carbonyl (C=O) groups excluding carboxylic acids is 1. The number of nitrogens with zero attached hydrogens (tertiary/aromatic N) is 1. The Labute approximate surface area is 156 Å². The maximum atomic E-state index is 12.2. The Balaban J connectivity index is 1.31. The van der Waals surface area contributed by atoms with Gasteiger partial charge in [0, 0.05) is 11.1 Å². The van der Waals surface area contributed by atoms with Gasteiger partial charge in [-0.25, -0.2) is 4.98 Å². The number of thiazole rings is 1. The molecular weight excluding hydrogens is 348 g/mol. The van der Waals surface area contributed by atoms with E-state index in [4.69, 9.17) is 9.15 Å². The number of ether oxygens (including phenoxy) is 1. The lowest BCUT2D eigenvalue weighted by atomic mass is 10.2. The first-order chi connectivity index (χ1) is 12.8. The summed E-state index contributed by atoms with van der Waals surface area (Å²) in [7, 11) is 0. The molecule has 26 heavy (non-hydrogen) atoms. The molecule has 2 heterocycles. The summed E-state index contributed by atoms with van der Waals surface area (Å²) in [5, 5.41) is 5.57. The highest BCUT2D eigenvalue weighted by Gasteiger charge is 2.16. The van der Waals surface area contributed by atoms with E-state index in [0.717, 1.165) is 40.7 Å². The van der Waals surface area contributed by atoms with Crippen LogP contribution in [0.1, 0.15) is 31.4 Å². The Kier molecular flexibility index (Phi) is 5.02. The molecule has 1 N–H and O–H groups in total. The fraction of sp³-hybridized carbons (Fsp3) is 0.300. The average Bonchev–Trinajstić information content (AvgIpc) is 3.38. The van der Waals surface area contributed by atoms with Gasteiger partial charge in [-0.05, 0) is 62.1 Å². The minimum atomic E-state index is -0.0919. The van der Waals surface area contributed by atoms with Crippen LogP contribution < -0.4 is 10.1 Å². The fourth-order valence-corrected chi connectivity index (χ4v) is 3.87. The summed E-state index contributed by atoms with van der Waals surface area (Å²) in [5.74, 6) is 1.49. The van der Waals surface area contributed by atoms with Crippen LogP contribution in [0.5, 0.6) is 5.75 Å². The summed E-state index contributed by atoms with van der Waals surface area (Å²) in [6.45, 7) is 0. The van der Waals surface area contributed by atoms with Crippen molar-refractivity contribution in [3.63, 3.8) is 0 Å². The number of hydrogen-bond acceptors (Lipinski definition) is 5. The minimum Gasteiger partial charge on any atom is -0.490 e. The molecule has 0 atom stereocenters. The third-order valence-corrected chi connectivity index (χ3v) is 5.27. The monoisotopic (exact) mass is 368 g/mol. The number of aromatic nitrogens is 1. The number of benzene rings is 1. The second-order valence-electron chi connectivity index (χ2n) is 6.39. The molecule has 0 unspecified atom stereocenters. The van der Waals surface area contributed by atoms with E-state index < -0.39 is 0 Å². The number of anilines is 1. The highest BCUT2D eigenvalue weighted by molar-refractivity contribution is 7.13. The van der Waals surface area contributed by atoms with Crippen LogP contribution in [0, 0.1) is 0 Å². The lowest BCUT2D eigenvalue weighted by molar-refractivity contribution is -0.115. The van der Waals surface area contributed by atoms with Crippen molar-refractivity contribution in [2.24, 2.45) is 0 Å². The summed E-state index contributed by atoms with van der Waals surface area (Å²) in [5.41, 5.74) is 1.50. The van der Waals surface area contributed by atoms with Gasteiger partial charge in [-0.1, -0.05) is 0 Å². The highest BCUT2D eigenvalue weighted by Crippen LogP contribution is 2.26. The molecule has 3 aromatic rings. The van der Waals surface area contributed by atoms with E-state index in [9.17, 15) is 4.79 Å². The van der Waals surface area contributed by atoms with Gasteiger partial charge in [-0.3, -0.25) is 4.79 Å². The maximum absolute atomic E-state index is 12.2. The quantitative estimate of drug-likeness (QED) is 0.672. The van der Waals surface area contributed by atoms with Gasteiger partial charge in [0.1, 0.15) is 5.75 Å². The van der Waals surface area contributed by atoms with Gasteiger partial charge in [0.2, 0.25) is 5.91 Å². The molecule has 2 aromatic heterocycles. The Morgan fingerprint density at radius 1 is 1.23 bits per heavy atom. The molecule has 134 valence electrons. The first-order valence-corrected chi connectivity index (χ1v) is 9.69. The molecule has 0 bridgehead atoms. The van der Waals surface area contributed by atoms with E-state index in [-0.39, 0.29) is 12.3 Å². The Hall–Kier alpha value is -2.60. The topological polar surface area (TPSA) is 64.4 Å². The maximum Gasteiger partial charge on any atom is 0.230 e. The first-order valence-electron chi connectivity index (χ1n) is 8.81. The lowest BCUT2D eigenvalue weighted by Gasteiger charge is -2.13. The van der Waals surface area contributed by atoms with Gasteiger partial charge < -0.3 is 14.5 Å². The summed E-state index contributed by atoms with van der Waals surface area (Å²) in [6, 6.07) is 11.2. The molecule has 5 nitrogen and oxygen atoms in total. The van der Waals surface area contributed by atoms with E-state index in [0.29, 0.717) is 6.10 Å². The summed E-state index contributed by atoms with van der Waals surface area (Å²) >= 11 is 1.47. The summed E-state index contributed by atoms with van der Waals surface area (Å²) < 4.78 is 11.3. The van der Waals surface area contributed by atoms with E-state index in [1.54, 1.807) is 6.26 Å². The molecule has 6 heteroatoms. The average molecular weight is 368 g/mol. The third-order valence-electron chi connectivity index (χ3n) is 4.37. The van der Waals surface area contributed by atoms with Crippen LogP contribution in [0.15, 0.2) is 52.5 Å². The molecule has 4 rings (SSSR count). The van der Waals surface area contributed by atoms with Gasteiger partial charge in [-0.2, -0.15) is 0 Å². The van der Waals surface area contributed by atoms with E-state index in [2.05, 4.69) is 10.3 Å². The van der Waals surface area contributed by atoms with Crippen molar-refractivity contribution in [1.82, 2.24) is 4.98 Å². The molecule has 0 spiro atoms. The van der Waals surface area contributed by atoms with Crippen LogP contribution in [-0.2, 0) is 11.2 Å². The Bertz CT molecular complexity index is 850. The number of furan rings is 1. The molecule has 0 aliphatic heterocycles. The molecule has 1 aliphatic carbocycles. The number of amides is 1. The van der Waals surface area contributed by atoms with Crippen LogP contribution in [0.2, 0.25) is 0 Å². The molecular formula is C20H20N2O3S. The van der Waals surface area contributed by atoms with E-state index in [1.807, 2.05) is 41.8 Å². The zero-order valence-electron chi connectivity index (χ0n) is 14.3. The molecule has 1 aliphatic rings. The number of rotatable bonds is 6. The SMILES string of the molecule is O=C(Cc1csc(-c2ccco2)n1)Nc1ccc(OC2CCCC2)cc1. The van der Waals surface area contributed by atoms with Gasteiger partial charge in [0.25, 0.3) is 0 Å². The largest absolute Gasteiger partial charge is 0.490 e. The number of carbonyl (C=O) groups is 1. The zero-order valence-corrected chi connectivity index (χ0v) is 15.1. The molecule has 0 saturated heterocycles. The molecule has 0 radical (unpaired) electrons. The van der Waals surface area contributed by atoms with Crippen molar-refractivity contribution >= 4 is 22.9 Å². The Morgan fingerprint density at radius 2 is 2.04 bits per heavy atom. The van der Waals surface area contributed by atoms with Gasteiger partial charge in [-0.15, -0.1) is 11.3 Å². The van der Waals surface area contributed by atoms with E-state index in [1.165, 1.54) is 24.2 Å². The smallest absolute Gasteiger partial charge is 0.230 e. The number of nitrogens with one attached hydrogen (secondary N) is 1. The second kappa shape index (κ2) is 7.74. The summed E-state index contributed by atoms with van der Waals surface area (Å²) in [6.07, 6.45) is 6.94. The number of hydrogen-bond donors (Lipinski definition) is 1. The normalized spacial score (nSPS) is 14.5. The minimum absolute atomic E-state index is 0.0919. The van der Waals surface area contributed by atoms with Gasteiger partial charge in [0.05, 0.1) is 24.5 Å². The second-order valence-corrected chi connectivity index (χ2v) is 7.25. The predicted octanol–water partition coefficient (Wildman–Crippen LogP) is 4.91. The third kappa shape index (κ3) is 4.14. The van der Waals surface area contributed by atoms with Crippen LogP contribution in [0.25, 0.3) is 10.8 Å². The molecule has 1 amide bonds. The molecule has 1 aromatic carbocycles. The van der Waals surface area contributed by atoms with Crippen molar-refractivity contribution < 1.29 is 13.9 Å². The van der Waals surface area contributed by atoms with Crippen LogP contribution in [-0.4, -0.2) is 17.0 Å². The summed E-state index contributed by atoms with van der Waals surface area (Å²) in [4.78, 5) is 16.7. The first kappa shape index (κ1) is 16.8. The Morgan fingerprint density at radius 3 is 2.77 bits per heavy atom. The highest BCUT2D eigenvalue weighted by atomic mass is 32.1. The van der Waals surface area contributed by atoms with Gasteiger partial charge >= 0.3 is 0 Å². The van der Waals surface area contributed by atoms with Crippen molar-refractivity contribution in [2.75, 3.05) is 5.32 Å². The van der Waals surface area contributed by atoms with Crippen LogP contribution >= 0.6 is 11.3 Å². The lowest BCUT2D eigenvalue weighted by Crippen LogP contribution is -2.14. The predicted molar refractivity (Wildman–Crippen MR) is 101 cm³/mol. The van der Waals surface area contributed by atoms with Crippen LogP contribution in [0.4, 0.5) is 5.69 Å². The van der Waals surface area contributed by atoms with Crippen LogP contribution in [0.3, 0.4) is 0 Å². The van der Waals surface area contributed by atoms with Gasteiger partial charge in [0.15, 0.2) is 10.8 Å². The fourth-order valence-electron chi connectivity index (χ4n) is 3.09. The molecule has 1 fully saturated rings. The van der Waals surface area contributed by atoms with Crippen molar-refractivity contribution in [2.45, 2.75) is 38.2 Å². The molecule has 1 saturated carbocycles. The van der Waals surface area contributed by atoms with Crippen molar-refractivity contribution in [3.8, 4) is 16.5 Å². The van der Waals surface area contributed by atoms with Crippen molar-refractivity contribution in [1.29, 1.82) is 0 Å². The van der Waals surface area contributed by atoms with E-state index >= 15 is 0 Å². The zero-order chi connectivity index (χ0) is 17.8.